The molecular formula is C37H60N12O8Pt+2. The Morgan fingerprint density at radius 1 is 0.707 bits per heavy atom. The fourth-order valence-corrected chi connectivity index (χ4v) is 5.45. The Balaban J connectivity index is 0.00000329. The van der Waals surface area contributed by atoms with Gasteiger partial charge < -0.3 is 4.84 Å². The number of azide groups is 2. The number of hydroxylamine groups is 3. The minimum Gasteiger partial charge on any atom is -0.373 e. The van der Waals surface area contributed by atoms with Crippen molar-refractivity contribution in [3.05, 3.63) is 68.7 Å². The number of carbonyl (C=O) groups excluding carboxylic acids is 4. The topological polar surface area (TPSA) is 284 Å². The van der Waals surface area contributed by atoms with Gasteiger partial charge in [0.25, 0.3) is 11.4 Å². The molecule has 0 bridgehead atoms. The summed E-state index contributed by atoms with van der Waals surface area (Å²) in [5.74, 6) is 3.22. The van der Waals surface area contributed by atoms with Crippen molar-refractivity contribution in [2.75, 3.05) is 14.1 Å². The van der Waals surface area contributed by atoms with Crippen molar-refractivity contribution >= 4 is 23.7 Å². The minimum absolute atomic E-state index is 0. The Morgan fingerprint density at radius 3 is 1.36 bits per heavy atom. The molecule has 2 aromatic heterocycles. The van der Waals surface area contributed by atoms with Gasteiger partial charge in [-0.3, -0.25) is 24.4 Å². The van der Waals surface area contributed by atoms with Crippen LogP contribution in [-0.4, -0.2) is 43.0 Å². The number of carbonyl (C=O) groups is 4. The van der Waals surface area contributed by atoms with Crippen LogP contribution in [0.1, 0.15) is 130 Å². The van der Waals surface area contributed by atoms with Crippen molar-refractivity contribution in [3.8, 4) is 11.4 Å². The predicted octanol–water partition coefficient (Wildman–Crippen LogP) is 5.50. The first-order chi connectivity index (χ1) is 26.9. The summed E-state index contributed by atoms with van der Waals surface area (Å²) < 4.78 is 3.49. The molecule has 0 saturated carbocycles. The summed E-state index contributed by atoms with van der Waals surface area (Å²) in [6.45, 7) is 12.7. The SMILES string of the molecule is CC(C)(C)c1cc[n+]2c(c1)-c1cc(C(C)(C)C)cc[n+]1C2(ONC(=O)CCCCCCC(=O)NO)ONC(=O)CCCCCCC(=O)ON.CN=[N+]=[N-].CN=[N+]=[N-].[Pt]. The van der Waals surface area contributed by atoms with Gasteiger partial charge in [-0.2, -0.15) is 5.90 Å². The van der Waals surface area contributed by atoms with Crippen LogP contribution >= 0.6 is 0 Å². The first-order valence-electron chi connectivity index (χ1n) is 18.7. The standard InChI is InChI=1S/C35H52N6O8.2CH3N3.Pt/c1-33(2,3)25-19-21-40-27(23-25)28-24-26(34(4,5)6)20-22-41(28)35(40,48-38-30(43)16-12-8-7-11-15-29(42)37-46)49-39-31(44)17-13-9-10-14-18-32(45)47-36;2*1-3-4-2;/h19-24H,7-18,36H2,1-6H3,(H2-2,37,38,39,42,43,44,46);2*1H3;/p+2. The number of hydrogen-bond acceptors (Lipinski definition) is 11. The smallest absolute Gasteiger partial charge is 0.373 e. The number of aromatic nitrogens is 2. The second-order valence-corrected chi connectivity index (χ2v) is 15.1. The van der Waals surface area contributed by atoms with Gasteiger partial charge in [-0.15, -0.1) is 9.68 Å². The monoisotopic (exact) mass is 995 g/mol. The molecule has 1 aliphatic rings. The van der Waals surface area contributed by atoms with Crippen molar-refractivity contribution in [1.29, 1.82) is 0 Å². The molecule has 0 unspecified atom stereocenters. The molecule has 20 nitrogen and oxygen atoms in total. The molecule has 3 rings (SSSR count). The summed E-state index contributed by atoms with van der Waals surface area (Å²) in [6.07, 6.45) is 9.65. The van der Waals surface area contributed by atoms with Gasteiger partial charge in [0.15, 0.2) is 12.4 Å². The zero-order chi connectivity index (χ0) is 43.1. The Labute approximate surface area is 353 Å². The van der Waals surface area contributed by atoms with E-state index in [-0.39, 0.29) is 69.4 Å². The number of rotatable bonds is 18. The van der Waals surface area contributed by atoms with E-state index < -0.39 is 17.9 Å². The maximum atomic E-state index is 13.0. The molecule has 0 spiro atoms. The second kappa shape index (κ2) is 27.1. The van der Waals surface area contributed by atoms with Gasteiger partial charge in [-0.05, 0) is 58.7 Å². The molecule has 3 amide bonds. The van der Waals surface area contributed by atoms with Crippen LogP contribution in [0.15, 0.2) is 46.9 Å². The van der Waals surface area contributed by atoms with Gasteiger partial charge >= 0.3 is 12.0 Å². The van der Waals surface area contributed by atoms with E-state index in [9.17, 15) is 19.2 Å². The average Bonchev–Trinajstić information content (AvgIpc) is 3.46. The largest absolute Gasteiger partial charge is 0.663 e. The van der Waals surface area contributed by atoms with Crippen LogP contribution in [0.25, 0.3) is 32.3 Å². The van der Waals surface area contributed by atoms with Crippen LogP contribution in [0, 0.1) is 0 Å². The third-order valence-corrected chi connectivity index (χ3v) is 8.64. The van der Waals surface area contributed by atoms with Gasteiger partial charge in [-0.1, -0.05) is 86.6 Å². The van der Waals surface area contributed by atoms with Crippen LogP contribution < -0.4 is 31.5 Å². The summed E-state index contributed by atoms with van der Waals surface area (Å²) in [5.41, 5.74) is 24.8. The first kappa shape index (κ1) is 53.3. The molecule has 58 heavy (non-hydrogen) atoms. The van der Waals surface area contributed by atoms with E-state index in [1.165, 1.54) is 14.1 Å². The maximum Gasteiger partial charge on any atom is 0.663 e. The van der Waals surface area contributed by atoms with E-state index in [4.69, 9.17) is 31.8 Å². The molecule has 0 atom stereocenters. The normalized spacial score (nSPS) is 11.8. The zero-order valence-electron chi connectivity index (χ0n) is 34.7. The van der Waals surface area contributed by atoms with Gasteiger partial charge in [0.2, 0.25) is 17.7 Å². The summed E-state index contributed by atoms with van der Waals surface area (Å²) in [6, 6.07) is 6.22. The maximum absolute atomic E-state index is 13.0. The fourth-order valence-electron chi connectivity index (χ4n) is 5.45. The average molecular weight is 996 g/mol. The molecule has 1 aliphatic heterocycles. The van der Waals surface area contributed by atoms with E-state index in [0.29, 0.717) is 32.1 Å². The minimum atomic E-state index is -1.83. The quantitative estimate of drug-likeness (QED) is 0.0184. The van der Waals surface area contributed by atoms with Gasteiger partial charge in [0.05, 0.1) is 0 Å². The summed E-state index contributed by atoms with van der Waals surface area (Å²) in [7, 11) is 2.78. The molecule has 3 heterocycles. The summed E-state index contributed by atoms with van der Waals surface area (Å²) >= 11 is 0. The predicted molar refractivity (Wildman–Crippen MR) is 207 cm³/mol. The van der Waals surface area contributed by atoms with E-state index in [1.807, 2.05) is 24.5 Å². The molecule has 2 aromatic rings. The van der Waals surface area contributed by atoms with Crippen molar-refractivity contribution in [3.63, 3.8) is 0 Å². The van der Waals surface area contributed by atoms with Crippen LogP contribution in [-0.2, 0) is 71.6 Å². The number of pyridine rings is 2. The van der Waals surface area contributed by atoms with Crippen molar-refractivity contribution in [1.82, 2.24) is 16.4 Å². The zero-order valence-corrected chi connectivity index (χ0v) is 37.0. The van der Waals surface area contributed by atoms with Crippen molar-refractivity contribution in [2.45, 2.75) is 135 Å². The fraction of sp³-hybridized carbons (Fsp3) is 0.622. The molecule has 0 saturated heterocycles. The number of nitrogens with two attached hydrogens (primary N) is 1. The number of hydrogen-bond donors (Lipinski definition) is 5. The van der Waals surface area contributed by atoms with Crippen molar-refractivity contribution < 1.29 is 69.1 Å². The Hall–Kier alpha value is -4.67. The molecule has 0 aromatic carbocycles. The molecule has 0 fully saturated rings. The number of nitrogens with zero attached hydrogens (tertiary/aromatic N) is 8. The molecular weight excluding hydrogens is 936 g/mol. The molecule has 0 aliphatic carbocycles. The number of unbranched alkanes of at least 4 members (excludes halogenated alkanes) is 6. The van der Waals surface area contributed by atoms with Gasteiger partial charge in [-0.25, -0.2) is 16.4 Å². The second-order valence-electron chi connectivity index (χ2n) is 15.1. The first-order valence-corrected chi connectivity index (χ1v) is 18.7. The van der Waals surface area contributed by atoms with Gasteiger partial charge in [0.1, 0.15) is 0 Å². The van der Waals surface area contributed by atoms with Gasteiger partial charge in [0, 0.05) is 94.9 Å². The Bertz CT molecular complexity index is 1610. The number of amides is 3. The molecule has 6 N–H and O–H groups in total. The summed E-state index contributed by atoms with van der Waals surface area (Å²) in [4.78, 5) is 69.7. The number of nitrogens with one attached hydrogen (secondary N) is 3. The third kappa shape index (κ3) is 17.9. The van der Waals surface area contributed by atoms with Crippen LogP contribution in [0.2, 0.25) is 0 Å². The Morgan fingerprint density at radius 2 is 1.05 bits per heavy atom. The van der Waals surface area contributed by atoms with Crippen LogP contribution in [0.5, 0.6) is 0 Å². The third-order valence-electron chi connectivity index (χ3n) is 8.64. The van der Waals surface area contributed by atoms with Crippen LogP contribution in [0.3, 0.4) is 0 Å². The molecule has 21 heteroatoms. The van der Waals surface area contributed by atoms with Crippen LogP contribution in [0.4, 0.5) is 0 Å². The van der Waals surface area contributed by atoms with E-state index in [1.54, 1.807) is 14.6 Å². The molecule has 324 valence electrons. The Kier molecular flexibility index (Phi) is 24.9. The summed E-state index contributed by atoms with van der Waals surface area (Å²) in [5, 5.41) is 14.5. The van der Waals surface area contributed by atoms with E-state index >= 15 is 0 Å². The molecule has 0 radical (unpaired) electrons. The number of fused-ring (bicyclic) bond motifs is 3. The van der Waals surface area contributed by atoms with E-state index in [0.717, 1.165) is 41.8 Å². The van der Waals surface area contributed by atoms with Crippen molar-refractivity contribution in [2.24, 2.45) is 16.1 Å². The van der Waals surface area contributed by atoms with E-state index in [2.05, 4.69) is 89.5 Å².